The summed E-state index contributed by atoms with van der Waals surface area (Å²) in [4.78, 5) is 14.6. The molecule has 1 unspecified atom stereocenters. The summed E-state index contributed by atoms with van der Waals surface area (Å²) in [5, 5.41) is 10.2. The summed E-state index contributed by atoms with van der Waals surface area (Å²) in [5.41, 5.74) is 4.19. The first-order valence-corrected chi connectivity index (χ1v) is 9.36. The van der Waals surface area contributed by atoms with E-state index in [4.69, 9.17) is 0 Å². The predicted molar refractivity (Wildman–Crippen MR) is 112 cm³/mol. The van der Waals surface area contributed by atoms with Crippen molar-refractivity contribution >= 4 is 11.7 Å². The van der Waals surface area contributed by atoms with Crippen LogP contribution in [-0.2, 0) is 6.54 Å². The largest absolute Gasteiger partial charge is 0.336 e. The van der Waals surface area contributed by atoms with E-state index < -0.39 is 0 Å². The molecular weight excluding hydrogens is 350 g/mol. The lowest BCUT2D eigenvalue weighted by Gasteiger charge is -2.25. The summed E-state index contributed by atoms with van der Waals surface area (Å²) in [6.07, 6.45) is 3.65. The molecule has 6 heteroatoms. The summed E-state index contributed by atoms with van der Waals surface area (Å²) < 4.78 is 1.83. The van der Waals surface area contributed by atoms with E-state index in [0.717, 1.165) is 11.3 Å². The van der Waals surface area contributed by atoms with Crippen LogP contribution in [0.5, 0.6) is 0 Å². The number of nitrogens with zero attached hydrogens (tertiary/aromatic N) is 3. The van der Waals surface area contributed by atoms with Gasteiger partial charge in [-0.1, -0.05) is 48.0 Å². The third-order valence-electron chi connectivity index (χ3n) is 4.70. The zero-order valence-electron chi connectivity index (χ0n) is 16.6. The lowest BCUT2D eigenvalue weighted by Crippen LogP contribution is -2.37. The van der Waals surface area contributed by atoms with Gasteiger partial charge in [-0.05, 0) is 44.3 Å². The van der Waals surface area contributed by atoms with Gasteiger partial charge in [0, 0.05) is 24.6 Å². The number of carbonyl (C=O) groups is 1. The monoisotopic (exact) mass is 377 g/mol. The van der Waals surface area contributed by atoms with Crippen LogP contribution in [0.2, 0.25) is 0 Å². The van der Waals surface area contributed by atoms with Gasteiger partial charge in [-0.3, -0.25) is 4.68 Å². The van der Waals surface area contributed by atoms with Crippen LogP contribution < -0.4 is 10.6 Å². The second-order valence-corrected chi connectivity index (χ2v) is 7.09. The minimum absolute atomic E-state index is 0.102. The molecule has 1 atom stereocenters. The molecule has 1 heterocycles. The first-order valence-electron chi connectivity index (χ1n) is 9.36. The Morgan fingerprint density at radius 2 is 1.86 bits per heavy atom. The van der Waals surface area contributed by atoms with Crippen LogP contribution in [0.15, 0.2) is 67.0 Å². The van der Waals surface area contributed by atoms with E-state index >= 15 is 0 Å². The van der Waals surface area contributed by atoms with Crippen LogP contribution >= 0.6 is 0 Å². The van der Waals surface area contributed by atoms with Crippen LogP contribution in [0.3, 0.4) is 0 Å². The second-order valence-electron chi connectivity index (χ2n) is 7.09. The Morgan fingerprint density at radius 1 is 1.11 bits per heavy atom. The van der Waals surface area contributed by atoms with Gasteiger partial charge < -0.3 is 15.5 Å². The molecule has 0 saturated carbocycles. The Kier molecular flexibility index (Phi) is 6.45. The number of para-hydroxylation sites is 1. The van der Waals surface area contributed by atoms with Gasteiger partial charge in [0.15, 0.2) is 0 Å². The van der Waals surface area contributed by atoms with Gasteiger partial charge in [-0.15, -0.1) is 0 Å². The van der Waals surface area contributed by atoms with Gasteiger partial charge in [0.2, 0.25) is 0 Å². The lowest BCUT2D eigenvalue weighted by atomic mass is 10.0. The van der Waals surface area contributed by atoms with Gasteiger partial charge in [-0.2, -0.15) is 5.10 Å². The van der Waals surface area contributed by atoms with Crippen LogP contribution in [0, 0.1) is 6.92 Å². The second kappa shape index (κ2) is 9.19. The Hall–Kier alpha value is -3.12. The van der Waals surface area contributed by atoms with E-state index in [1.807, 2.05) is 55.3 Å². The van der Waals surface area contributed by atoms with E-state index in [-0.39, 0.29) is 12.1 Å². The maximum absolute atomic E-state index is 12.5. The van der Waals surface area contributed by atoms with Crippen molar-refractivity contribution in [1.29, 1.82) is 0 Å². The molecule has 146 valence electrons. The SMILES string of the molecule is Cc1ccc(C(CNC(=O)Nc2ccccc2Cn2cccn2)N(C)C)cc1. The molecule has 2 N–H and O–H groups in total. The Morgan fingerprint density at radius 3 is 2.54 bits per heavy atom. The van der Waals surface area contributed by atoms with Gasteiger partial charge in [0.25, 0.3) is 0 Å². The normalized spacial score (nSPS) is 12.0. The van der Waals surface area contributed by atoms with Crippen molar-refractivity contribution < 1.29 is 4.79 Å². The number of benzene rings is 2. The van der Waals surface area contributed by atoms with Gasteiger partial charge >= 0.3 is 6.03 Å². The molecule has 0 spiro atoms. The highest BCUT2D eigenvalue weighted by Crippen LogP contribution is 2.19. The third-order valence-corrected chi connectivity index (χ3v) is 4.70. The van der Waals surface area contributed by atoms with Crippen molar-refractivity contribution in [2.75, 3.05) is 26.0 Å². The van der Waals surface area contributed by atoms with Crippen LogP contribution in [0.1, 0.15) is 22.7 Å². The third kappa shape index (κ3) is 5.20. The van der Waals surface area contributed by atoms with Crippen molar-refractivity contribution in [3.63, 3.8) is 0 Å². The highest BCUT2D eigenvalue weighted by Gasteiger charge is 2.15. The fourth-order valence-electron chi connectivity index (χ4n) is 3.09. The quantitative estimate of drug-likeness (QED) is 0.660. The van der Waals surface area contributed by atoms with Crippen LogP contribution in [0.4, 0.5) is 10.5 Å². The molecule has 1 aromatic heterocycles. The number of nitrogens with one attached hydrogen (secondary N) is 2. The fraction of sp³-hybridized carbons (Fsp3) is 0.273. The first kappa shape index (κ1) is 19.6. The standard InChI is InChI=1S/C22H27N5O/c1-17-9-11-18(12-10-17)21(26(2)3)15-23-22(28)25-20-8-5-4-7-19(20)16-27-14-6-13-24-27/h4-14,21H,15-16H2,1-3H3,(H2,23,25,28). The van der Waals surface area contributed by atoms with Crippen molar-refractivity contribution in [2.45, 2.75) is 19.5 Å². The number of likely N-dealkylation sites (N-methyl/N-ethyl adjacent to an activating group) is 1. The first-order chi connectivity index (χ1) is 13.5. The van der Waals surface area contributed by atoms with E-state index in [1.54, 1.807) is 6.20 Å². The number of amides is 2. The molecule has 2 aromatic carbocycles. The summed E-state index contributed by atoms with van der Waals surface area (Å²) in [7, 11) is 4.03. The molecule has 28 heavy (non-hydrogen) atoms. The van der Waals surface area contributed by atoms with Crippen molar-refractivity contribution in [2.24, 2.45) is 0 Å². The molecular formula is C22H27N5O. The van der Waals surface area contributed by atoms with E-state index in [9.17, 15) is 4.79 Å². The van der Waals surface area contributed by atoms with Crippen molar-refractivity contribution in [3.8, 4) is 0 Å². The summed E-state index contributed by atoms with van der Waals surface area (Å²) in [5.74, 6) is 0. The van der Waals surface area contributed by atoms with Gasteiger partial charge in [-0.25, -0.2) is 4.79 Å². The van der Waals surface area contributed by atoms with E-state index in [1.165, 1.54) is 11.1 Å². The summed E-state index contributed by atoms with van der Waals surface area (Å²) in [6.45, 7) is 3.19. The number of hydrogen-bond acceptors (Lipinski definition) is 3. The number of urea groups is 1. The van der Waals surface area contributed by atoms with Crippen molar-refractivity contribution in [1.82, 2.24) is 20.0 Å². The number of aryl methyl sites for hydroxylation is 1. The van der Waals surface area contributed by atoms with Crippen molar-refractivity contribution in [3.05, 3.63) is 83.7 Å². The zero-order chi connectivity index (χ0) is 19.9. The molecule has 0 fully saturated rings. The maximum Gasteiger partial charge on any atom is 0.319 e. The topological polar surface area (TPSA) is 62.2 Å². The predicted octanol–water partition coefficient (Wildman–Crippen LogP) is 3.66. The Labute approximate surface area is 166 Å². The fourth-order valence-corrected chi connectivity index (χ4v) is 3.09. The summed E-state index contributed by atoms with van der Waals surface area (Å²) >= 11 is 0. The molecule has 0 radical (unpaired) electrons. The van der Waals surface area contributed by atoms with E-state index in [0.29, 0.717) is 13.1 Å². The Bertz CT molecular complexity index is 888. The number of aromatic nitrogens is 2. The highest BCUT2D eigenvalue weighted by molar-refractivity contribution is 5.90. The smallest absolute Gasteiger partial charge is 0.319 e. The van der Waals surface area contributed by atoms with Crippen LogP contribution in [-0.4, -0.2) is 41.4 Å². The molecule has 2 amide bonds. The number of carbonyl (C=O) groups excluding carboxylic acids is 1. The number of hydrogen-bond donors (Lipinski definition) is 2. The minimum atomic E-state index is -0.216. The molecule has 6 nitrogen and oxygen atoms in total. The zero-order valence-corrected chi connectivity index (χ0v) is 16.6. The Balaban J connectivity index is 1.63. The average Bonchev–Trinajstić information content (AvgIpc) is 3.18. The van der Waals surface area contributed by atoms with Crippen LogP contribution in [0.25, 0.3) is 0 Å². The molecule has 3 rings (SSSR count). The molecule has 0 bridgehead atoms. The molecule has 0 saturated heterocycles. The molecule has 0 aliphatic heterocycles. The van der Waals surface area contributed by atoms with Gasteiger partial charge in [0.05, 0.1) is 12.6 Å². The maximum atomic E-state index is 12.5. The number of rotatable bonds is 7. The van der Waals surface area contributed by atoms with Gasteiger partial charge in [0.1, 0.15) is 0 Å². The average molecular weight is 377 g/mol. The lowest BCUT2D eigenvalue weighted by molar-refractivity contribution is 0.243. The van der Waals surface area contributed by atoms with E-state index in [2.05, 4.69) is 51.8 Å². The summed E-state index contributed by atoms with van der Waals surface area (Å²) in [6, 6.07) is 18.0. The molecule has 0 aliphatic carbocycles. The molecule has 3 aromatic rings. The number of anilines is 1. The minimum Gasteiger partial charge on any atom is -0.336 e. The highest BCUT2D eigenvalue weighted by atomic mass is 16.2. The molecule has 0 aliphatic rings.